The van der Waals surface area contributed by atoms with Crippen molar-refractivity contribution in [2.45, 2.75) is 6.61 Å². The van der Waals surface area contributed by atoms with Crippen molar-refractivity contribution in [1.29, 1.82) is 0 Å². The average Bonchev–Trinajstić information content (AvgIpc) is 2.77. The SMILES string of the molecule is C=Cc1ccc(COC(=O)c2ccc(C=Nc3ccc(N(C)C)cc3)cc2)cc1. The molecule has 0 unspecified atom stereocenters. The summed E-state index contributed by atoms with van der Waals surface area (Å²) in [5, 5.41) is 0. The number of esters is 1. The summed E-state index contributed by atoms with van der Waals surface area (Å²) in [5.74, 6) is -0.347. The van der Waals surface area contributed by atoms with Crippen molar-refractivity contribution in [2.75, 3.05) is 19.0 Å². The van der Waals surface area contributed by atoms with E-state index in [0.717, 1.165) is 28.1 Å². The third-order valence-corrected chi connectivity index (χ3v) is 4.46. The fraction of sp³-hybridized carbons (Fsp3) is 0.120. The normalized spacial score (nSPS) is 10.7. The molecule has 146 valence electrons. The van der Waals surface area contributed by atoms with Crippen LogP contribution in [0.5, 0.6) is 0 Å². The molecule has 0 spiro atoms. The van der Waals surface area contributed by atoms with Gasteiger partial charge in [0.05, 0.1) is 11.3 Å². The zero-order valence-corrected chi connectivity index (χ0v) is 16.7. The second-order valence-electron chi connectivity index (χ2n) is 6.81. The summed E-state index contributed by atoms with van der Waals surface area (Å²) in [7, 11) is 4.01. The molecule has 0 bridgehead atoms. The van der Waals surface area contributed by atoms with Crippen molar-refractivity contribution in [2.24, 2.45) is 4.99 Å². The van der Waals surface area contributed by atoms with Crippen LogP contribution < -0.4 is 4.90 Å². The molecule has 4 heteroatoms. The van der Waals surface area contributed by atoms with Crippen LogP contribution in [-0.4, -0.2) is 26.3 Å². The Bertz CT molecular complexity index is 987. The Morgan fingerprint density at radius 3 is 2.14 bits per heavy atom. The molecule has 0 N–H and O–H groups in total. The number of rotatable bonds is 7. The van der Waals surface area contributed by atoms with E-state index in [2.05, 4.69) is 11.6 Å². The summed E-state index contributed by atoms with van der Waals surface area (Å²) < 4.78 is 5.38. The molecule has 4 nitrogen and oxygen atoms in total. The van der Waals surface area contributed by atoms with Gasteiger partial charge in [0.2, 0.25) is 0 Å². The van der Waals surface area contributed by atoms with Crippen LogP contribution >= 0.6 is 0 Å². The van der Waals surface area contributed by atoms with Gasteiger partial charge < -0.3 is 9.64 Å². The minimum Gasteiger partial charge on any atom is -0.457 e. The fourth-order valence-corrected chi connectivity index (χ4v) is 2.67. The topological polar surface area (TPSA) is 41.9 Å². The minimum atomic E-state index is -0.347. The van der Waals surface area contributed by atoms with Crippen molar-refractivity contribution >= 4 is 29.6 Å². The summed E-state index contributed by atoms with van der Waals surface area (Å²) >= 11 is 0. The molecule has 0 radical (unpaired) electrons. The van der Waals surface area contributed by atoms with Crippen molar-refractivity contribution < 1.29 is 9.53 Å². The molecule has 0 amide bonds. The molecule has 3 aromatic carbocycles. The highest BCUT2D eigenvalue weighted by atomic mass is 16.5. The number of carbonyl (C=O) groups is 1. The Kier molecular flexibility index (Phi) is 6.59. The fourth-order valence-electron chi connectivity index (χ4n) is 2.67. The van der Waals surface area contributed by atoms with Gasteiger partial charge in [0.25, 0.3) is 0 Å². The number of anilines is 1. The molecule has 0 saturated heterocycles. The van der Waals surface area contributed by atoms with E-state index in [9.17, 15) is 4.79 Å². The first-order valence-electron chi connectivity index (χ1n) is 9.35. The highest BCUT2D eigenvalue weighted by Crippen LogP contribution is 2.18. The molecule has 0 atom stereocenters. The predicted octanol–water partition coefficient (Wildman–Crippen LogP) is 5.50. The number of carbonyl (C=O) groups excluding carboxylic acids is 1. The van der Waals surface area contributed by atoms with E-state index < -0.39 is 0 Å². The molecule has 0 heterocycles. The van der Waals surface area contributed by atoms with Gasteiger partial charge in [0.1, 0.15) is 6.61 Å². The Labute approximate surface area is 171 Å². The van der Waals surface area contributed by atoms with Gasteiger partial charge in [0.15, 0.2) is 0 Å². The molecule has 0 aliphatic carbocycles. The number of hydrogen-bond donors (Lipinski definition) is 0. The summed E-state index contributed by atoms with van der Waals surface area (Å²) in [4.78, 5) is 18.8. The van der Waals surface area contributed by atoms with Crippen molar-refractivity contribution in [3.63, 3.8) is 0 Å². The lowest BCUT2D eigenvalue weighted by molar-refractivity contribution is 0.0472. The lowest BCUT2D eigenvalue weighted by Crippen LogP contribution is -2.07. The first kappa shape index (κ1) is 20.1. The Morgan fingerprint density at radius 2 is 1.55 bits per heavy atom. The predicted molar refractivity (Wildman–Crippen MR) is 120 cm³/mol. The first-order chi connectivity index (χ1) is 14.0. The maximum Gasteiger partial charge on any atom is 0.338 e. The molecule has 0 fully saturated rings. The lowest BCUT2D eigenvalue weighted by Gasteiger charge is -2.11. The third kappa shape index (κ3) is 5.66. The lowest BCUT2D eigenvalue weighted by atomic mass is 10.1. The van der Waals surface area contributed by atoms with Gasteiger partial charge >= 0.3 is 5.97 Å². The number of nitrogens with zero attached hydrogens (tertiary/aromatic N) is 2. The van der Waals surface area contributed by atoms with Crippen LogP contribution in [0.25, 0.3) is 6.08 Å². The highest BCUT2D eigenvalue weighted by molar-refractivity contribution is 5.91. The maximum atomic E-state index is 12.2. The van der Waals surface area contributed by atoms with Gasteiger partial charge in [-0.2, -0.15) is 0 Å². The van der Waals surface area contributed by atoms with E-state index in [1.807, 2.05) is 79.7 Å². The summed E-state index contributed by atoms with van der Waals surface area (Å²) in [6, 6.07) is 22.9. The smallest absolute Gasteiger partial charge is 0.338 e. The quantitative estimate of drug-likeness (QED) is 0.399. The van der Waals surface area contributed by atoms with Gasteiger partial charge in [-0.25, -0.2) is 4.79 Å². The van der Waals surface area contributed by atoms with Crippen LogP contribution in [0.15, 0.2) is 84.4 Å². The zero-order chi connectivity index (χ0) is 20.6. The van der Waals surface area contributed by atoms with Crippen LogP contribution in [0.3, 0.4) is 0 Å². The standard InChI is InChI=1S/C25H24N2O2/c1-4-19-5-7-21(8-6-19)18-29-25(28)22-11-9-20(10-12-22)17-26-23-13-15-24(16-14-23)27(2)3/h4-17H,1,18H2,2-3H3. The Hall–Kier alpha value is -3.66. The van der Waals surface area contributed by atoms with Crippen LogP contribution in [0.2, 0.25) is 0 Å². The van der Waals surface area contributed by atoms with Gasteiger partial charge in [-0.05, 0) is 53.1 Å². The Balaban J connectivity index is 1.57. The number of aliphatic imine (C=N–C) groups is 1. The molecular weight excluding hydrogens is 360 g/mol. The Morgan fingerprint density at radius 1 is 0.931 bits per heavy atom. The maximum absolute atomic E-state index is 12.2. The van der Waals surface area contributed by atoms with Crippen LogP contribution in [0.4, 0.5) is 11.4 Å². The average molecular weight is 384 g/mol. The molecule has 0 aliphatic rings. The largest absolute Gasteiger partial charge is 0.457 e. The van der Waals surface area contributed by atoms with Crippen LogP contribution in [0, 0.1) is 0 Å². The molecule has 3 aromatic rings. The van der Waals surface area contributed by atoms with Crippen molar-refractivity contribution in [3.8, 4) is 0 Å². The number of ether oxygens (including phenoxy) is 1. The van der Waals surface area contributed by atoms with Crippen LogP contribution in [0.1, 0.15) is 27.0 Å². The van der Waals surface area contributed by atoms with Gasteiger partial charge in [0, 0.05) is 26.0 Å². The molecule has 0 aromatic heterocycles. The summed E-state index contributed by atoms with van der Waals surface area (Å²) in [5.41, 5.74) is 5.41. The molecule has 0 aliphatic heterocycles. The van der Waals surface area contributed by atoms with E-state index >= 15 is 0 Å². The summed E-state index contributed by atoms with van der Waals surface area (Å²) in [6.45, 7) is 3.96. The van der Waals surface area contributed by atoms with Gasteiger partial charge in [-0.1, -0.05) is 49.1 Å². The van der Waals surface area contributed by atoms with Gasteiger partial charge in [-0.3, -0.25) is 4.99 Å². The number of benzene rings is 3. The molecule has 29 heavy (non-hydrogen) atoms. The van der Waals surface area contributed by atoms with E-state index in [4.69, 9.17) is 4.74 Å². The first-order valence-corrected chi connectivity index (χ1v) is 9.35. The van der Waals surface area contributed by atoms with Crippen molar-refractivity contribution in [3.05, 3.63) is 102 Å². The second-order valence-corrected chi connectivity index (χ2v) is 6.81. The van der Waals surface area contributed by atoms with Crippen LogP contribution in [-0.2, 0) is 11.3 Å². The van der Waals surface area contributed by atoms with E-state index in [0.29, 0.717) is 5.56 Å². The van der Waals surface area contributed by atoms with E-state index in [-0.39, 0.29) is 12.6 Å². The molecular formula is C25H24N2O2. The molecule has 0 saturated carbocycles. The monoisotopic (exact) mass is 384 g/mol. The van der Waals surface area contributed by atoms with Crippen molar-refractivity contribution in [1.82, 2.24) is 0 Å². The third-order valence-electron chi connectivity index (χ3n) is 4.46. The molecule has 3 rings (SSSR count). The number of hydrogen-bond acceptors (Lipinski definition) is 4. The summed E-state index contributed by atoms with van der Waals surface area (Å²) in [6.07, 6.45) is 3.56. The van der Waals surface area contributed by atoms with E-state index in [1.54, 1.807) is 24.4 Å². The minimum absolute atomic E-state index is 0.239. The highest BCUT2D eigenvalue weighted by Gasteiger charge is 2.07. The van der Waals surface area contributed by atoms with E-state index in [1.165, 1.54) is 0 Å². The zero-order valence-electron chi connectivity index (χ0n) is 16.7. The second kappa shape index (κ2) is 9.51. The van der Waals surface area contributed by atoms with Gasteiger partial charge in [-0.15, -0.1) is 0 Å².